The van der Waals surface area contributed by atoms with Crippen LogP contribution in [0.4, 0.5) is 0 Å². The van der Waals surface area contributed by atoms with Gasteiger partial charge in [0.2, 0.25) is 0 Å². The summed E-state index contributed by atoms with van der Waals surface area (Å²) in [6.45, 7) is 0. The van der Waals surface area contributed by atoms with Gasteiger partial charge in [0.15, 0.2) is 57.3 Å². The lowest BCUT2D eigenvalue weighted by atomic mass is 10.0. The molecule has 0 bridgehead atoms. The molecule has 0 unspecified atom stereocenters. The molecule has 0 radical (unpaired) electrons. The molecule has 0 fully saturated rings. The summed E-state index contributed by atoms with van der Waals surface area (Å²) in [6.07, 6.45) is 0. The first-order valence-electron chi connectivity index (χ1n) is 50.7. The zero-order chi connectivity index (χ0) is 98.8. The summed E-state index contributed by atoms with van der Waals surface area (Å²) in [6, 6.07) is 184. The van der Waals surface area contributed by atoms with Gasteiger partial charge in [-0.15, -0.1) is 0 Å². The van der Waals surface area contributed by atoms with Gasteiger partial charge in [0.1, 0.15) is 0 Å². The minimum absolute atomic E-state index is 0.579. The van der Waals surface area contributed by atoms with E-state index < -0.39 is 0 Å². The molecule has 700 valence electrons. The number of hydrogen-bond donors (Lipinski definition) is 0. The second-order valence-corrected chi connectivity index (χ2v) is 38.3. The zero-order valence-electron chi connectivity index (χ0n) is 80.9. The molecule has 30 rings (SSSR count). The number of hydrogen-bond acceptors (Lipinski definition) is 8. The molecule has 0 saturated heterocycles. The van der Waals surface area contributed by atoms with Crippen molar-refractivity contribution >= 4 is 131 Å². The third-order valence-electron chi connectivity index (χ3n) is 29.5. The Hall–Kier alpha value is -20.3. The molecule has 0 N–H and O–H groups in total. The minimum atomic E-state index is 0.579. The highest BCUT2D eigenvalue weighted by molar-refractivity contribution is 6.29. The highest BCUT2D eigenvalue weighted by Gasteiger charge is 2.29. The molecule has 8 heterocycles. The molecule has 12 nitrogen and oxygen atoms in total. The molecule has 8 aromatic heterocycles. The van der Waals surface area contributed by atoms with Crippen molar-refractivity contribution < 1.29 is 8.83 Å². The van der Waals surface area contributed by atoms with Crippen molar-refractivity contribution in [3.63, 3.8) is 0 Å². The average Bonchev–Trinajstić information content (AvgIpc) is 1.54. The molecule has 150 heavy (non-hydrogen) atoms. The molecule has 0 aliphatic carbocycles. The van der Waals surface area contributed by atoms with Crippen molar-refractivity contribution in [3.8, 4) is 158 Å². The molecule has 0 spiro atoms. The van der Waals surface area contributed by atoms with E-state index in [1.165, 1.54) is 21.9 Å². The van der Waals surface area contributed by atoms with E-state index in [9.17, 15) is 0 Å². The largest absolute Gasteiger partial charge is 0.452 e. The summed E-state index contributed by atoms with van der Waals surface area (Å²) in [7, 11) is 0. The fourth-order valence-electron chi connectivity index (χ4n) is 22.4. The third kappa shape index (κ3) is 14.8. The number of furan rings is 2. The highest BCUT2D eigenvalue weighted by Crippen LogP contribution is 2.50. The van der Waals surface area contributed by atoms with Crippen molar-refractivity contribution in [1.82, 2.24) is 48.2 Å². The van der Waals surface area contributed by atoms with Crippen LogP contribution in [-0.4, -0.2) is 48.2 Å². The summed E-state index contributed by atoms with van der Waals surface area (Å²) in [4.78, 5) is 31.4. The molecular weight excluding hydrogens is 1830 g/mol. The number of fused-ring (bicyclic) bond motifs is 22. The second-order valence-electron chi connectivity index (χ2n) is 38.3. The van der Waals surface area contributed by atoms with Gasteiger partial charge in [-0.3, -0.25) is 0 Å². The molecule has 0 amide bonds. The van der Waals surface area contributed by atoms with Gasteiger partial charge in [0, 0.05) is 121 Å². The molecule has 0 atom stereocenters. The van der Waals surface area contributed by atoms with E-state index >= 15 is 0 Å². The lowest BCUT2D eigenvalue weighted by molar-refractivity contribution is 0.673. The van der Waals surface area contributed by atoms with Crippen LogP contribution in [0, 0.1) is 0 Å². The van der Waals surface area contributed by atoms with Crippen LogP contribution in [0.25, 0.3) is 289 Å². The van der Waals surface area contributed by atoms with E-state index in [0.29, 0.717) is 34.9 Å². The topological polar surface area (TPSA) is 123 Å². The van der Waals surface area contributed by atoms with Gasteiger partial charge in [0.05, 0.1) is 44.1 Å². The summed E-state index contributed by atoms with van der Waals surface area (Å²) in [5.41, 5.74) is 35.0. The predicted octanol–water partition coefficient (Wildman–Crippen LogP) is 35.9. The lowest BCUT2D eigenvalue weighted by Crippen LogP contribution is -2.01. The van der Waals surface area contributed by atoms with Crippen LogP contribution in [-0.2, 0) is 0 Å². The Morgan fingerprint density at radius 2 is 0.293 bits per heavy atom. The number of rotatable bonds is 16. The predicted molar refractivity (Wildman–Crippen MR) is 617 cm³/mol. The van der Waals surface area contributed by atoms with Crippen molar-refractivity contribution in [2.24, 2.45) is 0 Å². The summed E-state index contributed by atoms with van der Waals surface area (Å²) >= 11 is 0. The molecule has 22 aromatic carbocycles. The standard InChI is InChI=1S/2C69H43N5O/c1-4-17-44(18-5-1)47-33-35-48(36-34-47)67-70-68(51-25-14-23-49(41-51)45-19-6-2-7-20-45)72-69(71-67)52-26-16-28-54(43-52)74-62-32-13-11-30-56(62)58-38-40-60-59-39-37-57-55-29-10-12-31-61(55)73(63(57)65(59)75-66(60)64(58)74)53-27-15-24-50(42-53)46-21-8-3-9-22-46;1-4-16-44(17-5-1)47-30-34-49(35-31-47)67-70-68(50-36-32-48(33-37-50)45-18-6-2-7-19-45)72-69(71-67)52-23-15-25-54(43-52)74-62-29-13-11-27-56(62)58-39-41-60-59-40-38-57-55-26-10-12-28-61(55)73(63(57)65(59)75-66(60)64(58)74)53-24-14-22-51(42-53)46-20-8-3-9-21-46/h2*1-43H. The fourth-order valence-corrected chi connectivity index (χ4v) is 22.4. The van der Waals surface area contributed by atoms with Crippen molar-refractivity contribution in [2.75, 3.05) is 0 Å². The third-order valence-corrected chi connectivity index (χ3v) is 29.5. The Balaban J connectivity index is 0.000000141. The van der Waals surface area contributed by atoms with E-state index in [2.05, 4.69) is 516 Å². The highest BCUT2D eigenvalue weighted by atomic mass is 16.3. The van der Waals surface area contributed by atoms with Gasteiger partial charge in [-0.2, -0.15) is 0 Å². The maximum Gasteiger partial charge on any atom is 0.164 e. The Labute approximate surface area is 861 Å². The summed E-state index contributed by atoms with van der Waals surface area (Å²) in [5.74, 6) is 3.56. The first-order valence-corrected chi connectivity index (χ1v) is 50.7. The van der Waals surface area contributed by atoms with Crippen molar-refractivity contribution in [1.29, 1.82) is 0 Å². The van der Waals surface area contributed by atoms with E-state index in [1.807, 2.05) is 24.3 Å². The van der Waals surface area contributed by atoms with Gasteiger partial charge < -0.3 is 27.1 Å². The maximum absolute atomic E-state index is 7.43. The van der Waals surface area contributed by atoms with Gasteiger partial charge in [0.25, 0.3) is 0 Å². The monoisotopic (exact) mass is 1910 g/mol. The van der Waals surface area contributed by atoms with Crippen LogP contribution in [0.3, 0.4) is 0 Å². The van der Waals surface area contributed by atoms with Crippen LogP contribution in [0.15, 0.2) is 531 Å². The number of nitrogens with zero attached hydrogens (tertiary/aromatic N) is 10. The number of aromatic nitrogens is 10. The smallest absolute Gasteiger partial charge is 0.164 e. The molecule has 12 heteroatoms. The molecule has 0 aliphatic rings. The normalized spacial score (nSPS) is 11.7. The van der Waals surface area contributed by atoms with E-state index in [1.54, 1.807) is 0 Å². The zero-order valence-corrected chi connectivity index (χ0v) is 80.9. The minimum Gasteiger partial charge on any atom is -0.452 e. The average molecular weight is 1920 g/mol. The van der Waals surface area contributed by atoms with E-state index in [-0.39, 0.29) is 0 Å². The SMILES string of the molecule is c1ccc(-c2ccc(-c3nc(-c4ccc(-c5ccccc5)cc4)nc(-c4cccc(-n5c6ccccc6c6ccc7c8ccc9c%10ccccc%10n(-c%10cccc(-c%11ccccc%11)c%10)c9c8oc7c65)c4)n3)cc2)cc1.c1ccc(-c2ccc(-c3nc(-c4cccc(-c5ccccc5)c4)nc(-c4cccc(-n5c6ccccc6c6ccc7c8ccc9c%10ccccc%10n(-c%10cccc(-c%11ccccc%11)c%10)c9c8oc7c65)c4)n3)cc2)cc1. The Bertz CT molecular complexity index is 10500. The van der Waals surface area contributed by atoms with Crippen molar-refractivity contribution in [2.45, 2.75) is 0 Å². The van der Waals surface area contributed by atoms with Crippen LogP contribution < -0.4 is 0 Å². The van der Waals surface area contributed by atoms with Gasteiger partial charge in [-0.05, 0) is 170 Å². The molecule has 30 aromatic rings. The van der Waals surface area contributed by atoms with Gasteiger partial charge in [-0.1, -0.05) is 419 Å². The quantitative estimate of drug-likeness (QED) is 0.0937. The Morgan fingerprint density at radius 1 is 0.120 bits per heavy atom. The summed E-state index contributed by atoms with van der Waals surface area (Å²) in [5, 5.41) is 13.4. The van der Waals surface area contributed by atoms with Crippen LogP contribution in [0.2, 0.25) is 0 Å². The number of benzene rings is 22. The van der Waals surface area contributed by atoms with E-state index in [0.717, 1.165) is 232 Å². The van der Waals surface area contributed by atoms with Crippen LogP contribution >= 0.6 is 0 Å². The van der Waals surface area contributed by atoms with Crippen molar-refractivity contribution in [3.05, 3.63) is 522 Å². The van der Waals surface area contributed by atoms with Gasteiger partial charge in [-0.25, -0.2) is 29.9 Å². The first kappa shape index (κ1) is 86.3. The number of para-hydroxylation sites is 4. The molecular formula is C138H86N10O2. The molecule has 0 aliphatic heterocycles. The molecule has 0 saturated carbocycles. The lowest BCUT2D eigenvalue weighted by Gasteiger charge is -2.12. The maximum atomic E-state index is 7.43. The Kier molecular flexibility index (Phi) is 20.7. The Morgan fingerprint density at radius 3 is 0.553 bits per heavy atom. The van der Waals surface area contributed by atoms with Gasteiger partial charge >= 0.3 is 0 Å². The van der Waals surface area contributed by atoms with E-state index in [4.69, 9.17) is 38.7 Å². The van der Waals surface area contributed by atoms with Crippen LogP contribution in [0.5, 0.6) is 0 Å². The summed E-state index contributed by atoms with van der Waals surface area (Å²) < 4.78 is 24.3. The first-order chi connectivity index (χ1) is 74.4. The second kappa shape index (κ2) is 35.9. The fraction of sp³-hybridized carbons (Fsp3) is 0. The van der Waals surface area contributed by atoms with Crippen LogP contribution in [0.1, 0.15) is 0 Å².